The summed E-state index contributed by atoms with van der Waals surface area (Å²) >= 11 is 5.22. The summed E-state index contributed by atoms with van der Waals surface area (Å²) in [4.78, 5) is 12.7. The van der Waals surface area contributed by atoms with E-state index in [9.17, 15) is 4.79 Å². The molecule has 2 rings (SSSR count). The summed E-state index contributed by atoms with van der Waals surface area (Å²) in [5.41, 5.74) is 5.51. The normalized spacial score (nSPS) is 23.2. The second kappa shape index (κ2) is 7.39. The third-order valence-electron chi connectivity index (χ3n) is 5.06. The minimum atomic E-state index is -0.392. The van der Waals surface area contributed by atoms with Crippen LogP contribution in [0.4, 0.5) is 0 Å². The average molecular weight is 296 g/mol. The fourth-order valence-corrected chi connectivity index (χ4v) is 3.98. The number of thiocarbonyl (C=S) groups is 1. The van der Waals surface area contributed by atoms with E-state index in [0.717, 1.165) is 38.0 Å². The van der Waals surface area contributed by atoms with Crippen LogP contribution in [-0.2, 0) is 4.79 Å². The van der Waals surface area contributed by atoms with Crippen molar-refractivity contribution in [1.82, 2.24) is 5.32 Å². The second-order valence-corrected chi connectivity index (χ2v) is 7.04. The lowest BCUT2D eigenvalue weighted by molar-refractivity contribution is -0.123. The Bertz CT molecular complexity index is 344. The monoisotopic (exact) mass is 296 g/mol. The highest BCUT2D eigenvalue weighted by atomic mass is 32.1. The SMILES string of the molecule is NC(=S)C1(NC(=O)CCC2CCCCC2)CCCCC1. The Kier molecular flexibility index (Phi) is 5.82. The average Bonchev–Trinajstić information content (AvgIpc) is 2.47. The molecule has 0 spiro atoms. The largest absolute Gasteiger partial charge is 0.391 e. The zero-order valence-corrected chi connectivity index (χ0v) is 13.3. The third kappa shape index (κ3) is 4.18. The molecule has 2 aliphatic rings. The van der Waals surface area contributed by atoms with Crippen LogP contribution in [0.1, 0.15) is 77.0 Å². The standard InChI is InChI=1S/C16H28N2OS/c17-15(20)16(11-5-2-6-12-16)18-14(19)10-9-13-7-3-1-4-8-13/h13H,1-12H2,(H2,17,20)(H,18,19). The van der Waals surface area contributed by atoms with Gasteiger partial charge in [0.25, 0.3) is 0 Å². The van der Waals surface area contributed by atoms with Gasteiger partial charge >= 0.3 is 0 Å². The van der Waals surface area contributed by atoms with E-state index in [4.69, 9.17) is 18.0 Å². The Balaban J connectivity index is 1.80. The first-order chi connectivity index (χ1) is 9.62. The number of rotatable bonds is 5. The molecule has 0 aromatic heterocycles. The van der Waals surface area contributed by atoms with Gasteiger partial charge in [0.1, 0.15) is 0 Å². The highest BCUT2D eigenvalue weighted by Crippen LogP contribution is 2.30. The first kappa shape index (κ1) is 15.7. The highest BCUT2D eigenvalue weighted by Gasteiger charge is 2.36. The summed E-state index contributed by atoms with van der Waals surface area (Å²) in [5, 5.41) is 3.17. The molecule has 0 saturated heterocycles. The van der Waals surface area contributed by atoms with Gasteiger partial charge in [-0.3, -0.25) is 4.79 Å². The number of nitrogens with two attached hydrogens (primary N) is 1. The quantitative estimate of drug-likeness (QED) is 0.764. The van der Waals surface area contributed by atoms with Crippen LogP contribution >= 0.6 is 12.2 Å². The van der Waals surface area contributed by atoms with Crippen LogP contribution in [0.5, 0.6) is 0 Å². The molecular formula is C16H28N2OS. The van der Waals surface area contributed by atoms with E-state index in [1.165, 1.54) is 38.5 Å². The molecule has 1 amide bonds. The number of hydrogen-bond donors (Lipinski definition) is 2. The van der Waals surface area contributed by atoms with Crippen molar-refractivity contribution in [1.29, 1.82) is 0 Å². The molecule has 0 atom stereocenters. The molecule has 2 saturated carbocycles. The lowest BCUT2D eigenvalue weighted by Crippen LogP contribution is -2.57. The smallest absolute Gasteiger partial charge is 0.220 e. The Morgan fingerprint density at radius 3 is 2.30 bits per heavy atom. The van der Waals surface area contributed by atoms with Crippen molar-refractivity contribution in [3.8, 4) is 0 Å². The van der Waals surface area contributed by atoms with Crippen molar-refractivity contribution in [3.63, 3.8) is 0 Å². The molecule has 2 fully saturated rings. The minimum absolute atomic E-state index is 0.144. The Hall–Kier alpha value is -0.640. The van der Waals surface area contributed by atoms with Gasteiger partial charge in [-0.05, 0) is 25.2 Å². The molecular weight excluding hydrogens is 268 g/mol. The molecule has 0 radical (unpaired) electrons. The Morgan fingerprint density at radius 2 is 1.70 bits per heavy atom. The van der Waals surface area contributed by atoms with Crippen molar-refractivity contribution < 1.29 is 4.79 Å². The van der Waals surface area contributed by atoms with Crippen molar-refractivity contribution in [2.24, 2.45) is 11.7 Å². The molecule has 3 N–H and O–H groups in total. The maximum Gasteiger partial charge on any atom is 0.220 e. The molecule has 0 heterocycles. The fourth-order valence-electron chi connectivity index (χ4n) is 3.73. The molecule has 0 aromatic carbocycles. The third-order valence-corrected chi connectivity index (χ3v) is 5.45. The summed E-state index contributed by atoms with van der Waals surface area (Å²) < 4.78 is 0. The number of carbonyl (C=O) groups is 1. The zero-order valence-electron chi connectivity index (χ0n) is 12.5. The van der Waals surface area contributed by atoms with Gasteiger partial charge in [0.2, 0.25) is 5.91 Å². The van der Waals surface area contributed by atoms with E-state index >= 15 is 0 Å². The van der Waals surface area contributed by atoms with E-state index < -0.39 is 5.54 Å². The van der Waals surface area contributed by atoms with Gasteiger partial charge in [0.15, 0.2) is 0 Å². The molecule has 20 heavy (non-hydrogen) atoms. The molecule has 0 bridgehead atoms. The predicted octanol–water partition coefficient (Wildman–Crippen LogP) is 3.45. The Labute approximate surface area is 128 Å². The van der Waals surface area contributed by atoms with Crippen LogP contribution in [0.2, 0.25) is 0 Å². The number of carbonyl (C=O) groups excluding carboxylic acids is 1. The highest BCUT2D eigenvalue weighted by molar-refractivity contribution is 7.80. The van der Waals surface area contributed by atoms with Crippen molar-refractivity contribution in [2.75, 3.05) is 0 Å². The maximum atomic E-state index is 12.2. The summed E-state index contributed by atoms with van der Waals surface area (Å²) in [6, 6.07) is 0. The van der Waals surface area contributed by atoms with Crippen LogP contribution in [0.15, 0.2) is 0 Å². The van der Waals surface area contributed by atoms with Gasteiger partial charge in [-0.15, -0.1) is 0 Å². The predicted molar refractivity (Wildman–Crippen MR) is 86.6 cm³/mol. The lowest BCUT2D eigenvalue weighted by atomic mass is 9.81. The van der Waals surface area contributed by atoms with Gasteiger partial charge in [-0.1, -0.05) is 63.6 Å². The summed E-state index contributed by atoms with van der Waals surface area (Å²) in [6.07, 6.45) is 13.6. The molecule has 2 aliphatic carbocycles. The molecule has 0 unspecified atom stereocenters. The molecule has 4 heteroatoms. The molecule has 3 nitrogen and oxygen atoms in total. The van der Waals surface area contributed by atoms with Crippen LogP contribution in [0, 0.1) is 5.92 Å². The number of hydrogen-bond acceptors (Lipinski definition) is 2. The van der Waals surface area contributed by atoms with E-state index in [1.807, 2.05) is 0 Å². The van der Waals surface area contributed by atoms with Gasteiger partial charge in [-0.2, -0.15) is 0 Å². The lowest BCUT2D eigenvalue weighted by Gasteiger charge is -2.37. The topological polar surface area (TPSA) is 55.1 Å². The minimum Gasteiger partial charge on any atom is -0.391 e. The van der Waals surface area contributed by atoms with E-state index in [2.05, 4.69) is 5.32 Å². The second-order valence-electron chi connectivity index (χ2n) is 6.60. The first-order valence-corrected chi connectivity index (χ1v) is 8.64. The summed E-state index contributed by atoms with van der Waals surface area (Å²) in [7, 11) is 0. The maximum absolute atomic E-state index is 12.2. The van der Waals surface area contributed by atoms with Gasteiger partial charge in [0, 0.05) is 6.42 Å². The van der Waals surface area contributed by atoms with E-state index in [0.29, 0.717) is 11.4 Å². The van der Waals surface area contributed by atoms with E-state index in [-0.39, 0.29) is 5.91 Å². The van der Waals surface area contributed by atoms with Crippen molar-refractivity contribution >= 4 is 23.1 Å². The van der Waals surface area contributed by atoms with Gasteiger partial charge < -0.3 is 11.1 Å². The van der Waals surface area contributed by atoms with E-state index in [1.54, 1.807) is 0 Å². The number of amides is 1. The van der Waals surface area contributed by atoms with Gasteiger partial charge in [0.05, 0.1) is 10.5 Å². The van der Waals surface area contributed by atoms with Crippen molar-refractivity contribution in [2.45, 2.75) is 82.6 Å². The van der Waals surface area contributed by atoms with Crippen LogP contribution in [0.25, 0.3) is 0 Å². The first-order valence-electron chi connectivity index (χ1n) is 8.23. The molecule has 0 aliphatic heterocycles. The van der Waals surface area contributed by atoms with Crippen LogP contribution in [0.3, 0.4) is 0 Å². The van der Waals surface area contributed by atoms with Crippen molar-refractivity contribution in [3.05, 3.63) is 0 Å². The summed E-state index contributed by atoms with van der Waals surface area (Å²) in [5.74, 6) is 0.895. The van der Waals surface area contributed by atoms with Crippen LogP contribution in [-0.4, -0.2) is 16.4 Å². The fraction of sp³-hybridized carbons (Fsp3) is 0.875. The zero-order chi connectivity index (χ0) is 14.4. The van der Waals surface area contributed by atoms with Crippen LogP contribution < -0.4 is 11.1 Å². The molecule has 114 valence electrons. The number of nitrogens with one attached hydrogen (secondary N) is 1. The summed E-state index contributed by atoms with van der Waals surface area (Å²) in [6.45, 7) is 0. The van der Waals surface area contributed by atoms with Gasteiger partial charge in [-0.25, -0.2) is 0 Å². The molecule has 0 aromatic rings. The Morgan fingerprint density at radius 1 is 1.10 bits per heavy atom.